The van der Waals surface area contributed by atoms with E-state index in [0.717, 1.165) is 11.3 Å². The van der Waals surface area contributed by atoms with Gasteiger partial charge in [-0.2, -0.15) is 5.10 Å². The van der Waals surface area contributed by atoms with Crippen molar-refractivity contribution in [2.45, 2.75) is 13.5 Å². The second-order valence-corrected chi connectivity index (χ2v) is 6.83. The molecule has 3 heterocycles. The van der Waals surface area contributed by atoms with E-state index in [9.17, 15) is 4.79 Å². The number of hydrogen-bond acceptors (Lipinski definition) is 3. The molecular formula is C20H18ClN5O. The van der Waals surface area contributed by atoms with Gasteiger partial charge in [0.25, 0.3) is 5.91 Å². The summed E-state index contributed by atoms with van der Waals surface area (Å²) in [5.74, 6) is -0.298. The predicted octanol–water partition coefficient (Wildman–Crippen LogP) is 4.03. The fourth-order valence-electron chi connectivity index (χ4n) is 2.92. The molecule has 0 unspecified atom stereocenters. The van der Waals surface area contributed by atoms with Gasteiger partial charge in [0.05, 0.1) is 28.7 Å². The molecule has 0 saturated heterocycles. The van der Waals surface area contributed by atoms with Gasteiger partial charge in [0.1, 0.15) is 0 Å². The number of nitrogens with one attached hydrogen (secondary N) is 1. The topological polar surface area (TPSA) is 64.7 Å². The Balaban J connectivity index is 1.63. The highest BCUT2D eigenvalue weighted by atomic mass is 35.5. The first-order valence-corrected chi connectivity index (χ1v) is 8.89. The molecule has 7 heteroatoms. The first kappa shape index (κ1) is 17.3. The van der Waals surface area contributed by atoms with Crippen LogP contribution in [0.4, 0.5) is 5.69 Å². The lowest BCUT2D eigenvalue weighted by Gasteiger charge is -2.08. The Kier molecular flexibility index (Phi) is 4.41. The summed E-state index contributed by atoms with van der Waals surface area (Å²) in [6.45, 7) is 2.57. The highest BCUT2D eigenvalue weighted by Crippen LogP contribution is 2.26. The minimum absolute atomic E-state index is 0.298. The molecule has 4 aromatic rings. The summed E-state index contributed by atoms with van der Waals surface area (Å²) >= 11 is 6.50. The van der Waals surface area contributed by atoms with E-state index in [4.69, 9.17) is 11.6 Å². The summed E-state index contributed by atoms with van der Waals surface area (Å²) in [5, 5.41) is 8.24. The van der Waals surface area contributed by atoms with Crippen LogP contribution in [0, 0.1) is 6.92 Å². The maximum Gasteiger partial charge on any atom is 0.258 e. The molecule has 1 N–H and O–H groups in total. The molecule has 6 nitrogen and oxygen atoms in total. The number of hydrogen-bond donors (Lipinski definition) is 1. The van der Waals surface area contributed by atoms with E-state index < -0.39 is 0 Å². The van der Waals surface area contributed by atoms with Crippen LogP contribution in [0.3, 0.4) is 0 Å². The molecule has 27 heavy (non-hydrogen) atoms. The third-order valence-corrected chi connectivity index (χ3v) is 4.92. The van der Waals surface area contributed by atoms with Crippen LogP contribution >= 0.6 is 11.6 Å². The summed E-state index contributed by atoms with van der Waals surface area (Å²) in [4.78, 5) is 17.0. The molecular weight excluding hydrogens is 362 g/mol. The monoisotopic (exact) mass is 379 g/mol. The van der Waals surface area contributed by atoms with Crippen LogP contribution in [0.25, 0.3) is 11.0 Å². The van der Waals surface area contributed by atoms with Gasteiger partial charge in [0.2, 0.25) is 0 Å². The largest absolute Gasteiger partial charge is 0.353 e. The molecule has 0 atom stereocenters. The zero-order valence-corrected chi connectivity index (χ0v) is 15.7. The Morgan fingerprint density at radius 1 is 1.19 bits per heavy atom. The number of aromatic nitrogens is 4. The highest BCUT2D eigenvalue weighted by Gasteiger charge is 2.17. The van der Waals surface area contributed by atoms with Crippen LogP contribution in [0.5, 0.6) is 0 Å². The van der Waals surface area contributed by atoms with Gasteiger partial charge in [-0.05, 0) is 31.2 Å². The fourth-order valence-corrected chi connectivity index (χ4v) is 3.19. The SMILES string of the molecule is Cc1ccc(NC(=O)c2cnc3c(cnn3Cc3cccn3C)c2Cl)cc1. The van der Waals surface area contributed by atoms with Crippen molar-refractivity contribution in [2.75, 3.05) is 5.32 Å². The number of rotatable bonds is 4. The van der Waals surface area contributed by atoms with Crippen molar-refractivity contribution in [1.29, 1.82) is 0 Å². The number of fused-ring (bicyclic) bond motifs is 1. The Morgan fingerprint density at radius 2 is 1.96 bits per heavy atom. The molecule has 136 valence electrons. The average molecular weight is 380 g/mol. The Labute approximate surface area is 161 Å². The maximum atomic E-state index is 12.6. The van der Waals surface area contributed by atoms with Crippen LogP contribution in [-0.2, 0) is 13.6 Å². The van der Waals surface area contributed by atoms with Gasteiger partial charge < -0.3 is 9.88 Å². The molecule has 0 bridgehead atoms. The molecule has 0 saturated carbocycles. The Morgan fingerprint density at radius 3 is 2.67 bits per heavy atom. The first-order chi connectivity index (χ1) is 13.0. The lowest BCUT2D eigenvalue weighted by Crippen LogP contribution is -2.13. The van der Waals surface area contributed by atoms with Crippen molar-refractivity contribution in [2.24, 2.45) is 7.05 Å². The molecule has 0 fully saturated rings. The van der Waals surface area contributed by atoms with Gasteiger partial charge in [-0.25, -0.2) is 9.67 Å². The molecule has 4 rings (SSSR count). The Bertz CT molecular complexity index is 1130. The predicted molar refractivity (Wildman–Crippen MR) is 106 cm³/mol. The number of benzene rings is 1. The van der Waals surface area contributed by atoms with Gasteiger partial charge in [-0.15, -0.1) is 0 Å². The van der Waals surface area contributed by atoms with E-state index in [-0.39, 0.29) is 5.91 Å². The van der Waals surface area contributed by atoms with E-state index in [1.165, 1.54) is 6.20 Å². The summed E-state index contributed by atoms with van der Waals surface area (Å²) in [6, 6.07) is 11.6. The number of aryl methyl sites for hydroxylation is 2. The summed E-state index contributed by atoms with van der Waals surface area (Å²) in [5.41, 5.74) is 3.90. The van der Waals surface area contributed by atoms with Crippen molar-refractivity contribution in [3.05, 3.63) is 76.8 Å². The third-order valence-electron chi connectivity index (χ3n) is 4.52. The van der Waals surface area contributed by atoms with Gasteiger partial charge >= 0.3 is 0 Å². The van der Waals surface area contributed by atoms with Crippen molar-refractivity contribution < 1.29 is 4.79 Å². The fraction of sp³-hybridized carbons (Fsp3) is 0.150. The second-order valence-electron chi connectivity index (χ2n) is 6.46. The number of carbonyl (C=O) groups excluding carboxylic acids is 1. The molecule has 1 amide bonds. The minimum atomic E-state index is -0.298. The van der Waals surface area contributed by atoms with Crippen LogP contribution < -0.4 is 5.32 Å². The van der Waals surface area contributed by atoms with E-state index in [0.29, 0.717) is 33.9 Å². The van der Waals surface area contributed by atoms with Crippen LogP contribution in [0.1, 0.15) is 21.6 Å². The standard InChI is InChI=1S/C20H18ClN5O/c1-13-5-7-14(8-6-13)24-20(27)17-10-22-19-16(18(17)21)11-23-26(19)12-15-4-3-9-25(15)2/h3-11H,12H2,1-2H3,(H,24,27). The molecule has 0 aliphatic rings. The zero-order chi connectivity index (χ0) is 19.0. The number of pyridine rings is 1. The zero-order valence-electron chi connectivity index (χ0n) is 15.0. The van der Waals surface area contributed by atoms with Crippen molar-refractivity contribution >= 4 is 34.2 Å². The van der Waals surface area contributed by atoms with Crippen molar-refractivity contribution in [3.8, 4) is 0 Å². The van der Waals surface area contributed by atoms with E-state index in [1.807, 2.05) is 61.1 Å². The molecule has 1 aromatic carbocycles. The molecule has 0 spiro atoms. The Hall–Kier alpha value is -3.12. The van der Waals surface area contributed by atoms with Gasteiger partial charge in [0, 0.05) is 30.8 Å². The number of halogens is 1. The van der Waals surface area contributed by atoms with E-state index in [2.05, 4.69) is 15.4 Å². The number of amides is 1. The van der Waals surface area contributed by atoms with E-state index >= 15 is 0 Å². The van der Waals surface area contributed by atoms with Crippen molar-refractivity contribution in [3.63, 3.8) is 0 Å². The molecule has 3 aromatic heterocycles. The lowest BCUT2D eigenvalue weighted by molar-refractivity contribution is 0.102. The quantitative estimate of drug-likeness (QED) is 0.582. The molecule has 0 aliphatic carbocycles. The van der Waals surface area contributed by atoms with Gasteiger partial charge in [0.15, 0.2) is 5.65 Å². The van der Waals surface area contributed by atoms with Crippen LogP contribution in [-0.4, -0.2) is 25.2 Å². The van der Waals surface area contributed by atoms with Crippen LogP contribution in [0.15, 0.2) is 55.0 Å². The minimum Gasteiger partial charge on any atom is -0.353 e. The lowest BCUT2D eigenvalue weighted by atomic mass is 10.2. The number of carbonyl (C=O) groups is 1. The summed E-state index contributed by atoms with van der Waals surface area (Å²) < 4.78 is 3.80. The average Bonchev–Trinajstić information content (AvgIpc) is 3.25. The summed E-state index contributed by atoms with van der Waals surface area (Å²) in [7, 11) is 1.98. The van der Waals surface area contributed by atoms with Gasteiger partial charge in [-0.3, -0.25) is 4.79 Å². The summed E-state index contributed by atoms with van der Waals surface area (Å²) in [6.07, 6.45) is 5.13. The normalized spacial score (nSPS) is 11.1. The highest BCUT2D eigenvalue weighted by molar-refractivity contribution is 6.38. The smallest absolute Gasteiger partial charge is 0.258 e. The van der Waals surface area contributed by atoms with Crippen molar-refractivity contribution in [1.82, 2.24) is 19.3 Å². The van der Waals surface area contributed by atoms with Crippen LogP contribution in [0.2, 0.25) is 5.02 Å². The molecule has 0 aliphatic heterocycles. The maximum absolute atomic E-state index is 12.6. The first-order valence-electron chi connectivity index (χ1n) is 8.51. The number of nitrogens with zero attached hydrogens (tertiary/aromatic N) is 4. The number of anilines is 1. The molecule has 0 radical (unpaired) electrons. The van der Waals surface area contributed by atoms with E-state index in [1.54, 1.807) is 10.9 Å². The van der Waals surface area contributed by atoms with Gasteiger partial charge in [-0.1, -0.05) is 29.3 Å². The third kappa shape index (κ3) is 3.31. The second kappa shape index (κ2) is 6.89.